The molecule has 140 valence electrons. The first kappa shape index (κ1) is 18.4. The van der Waals surface area contributed by atoms with Gasteiger partial charge in [-0.1, -0.05) is 18.2 Å². The lowest BCUT2D eigenvalue weighted by molar-refractivity contribution is -0.114. The minimum Gasteiger partial charge on any atom is -0.376 e. The van der Waals surface area contributed by atoms with E-state index < -0.39 is 0 Å². The summed E-state index contributed by atoms with van der Waals surface area (Å²) in [5.74, 6) is -0.638. The number of benzene rings is 2. The number of carbonyl (C=O) groups is 3. The third-order valence-corrected chi connectivity index (χ3v) is 4.16. The second-order valence-electron chi connectivity index (χ2n) is 6.35. The molecule has 1 fully saturated rings. The molecule has 27 heavy (non-hydrogen) atoms. The summed E-state index contributed by atoms with van der Waals surface area (Å²) in [5, 5.41) is 11.2. The third-order valence-electron chi connectivity index (χ3n) is 4.16. The number of hydrogen-bond donors (Lipinski definition) is 4. The fraction of sp³-hybridized carbons (Fsp3) is 0.250. The van der Waals surface area contributed by atoms with Gasteiger partial charge in [0.25, 0.3) is 11.8 Å². The van der Waals surface area contributed by atoms with Crippen molar-refractivity contribution in [3.63, 3.8) is 0 Å². The maximum Gasteiger partial charge on any atom is 0.253 e. The molecule has 1 aliphatic carbocycles. The predicted octanol–water partition coefficient (Wildman–Crippen LogP) is 1.99. The van der Waals surface area contributed by atoms with Crippen molar-refractivity contribution in [2.45, 2.75) is 18.9 Å². The first-order valence-electron chi connectivity index (χ1n) is 8.82. The van der Waals surface area contributed by atoms with Crippen LogP contribution in [0.3, 0.4) is 0 Å². The maximum atomic E-state index is 12.2. The maximum absolute atomic E-state index is 12.2. The summed E-state index contributed by atoms with van der Waals surface area (Å²) in [6, 6.07) is 14.1. The van der Waals surface area contributed by atoms with Gasteiger partial charge >= 0.3 is 0 Å². The van der Waals surface area contributed by atoms with E-state index in [1.54, 1.807) is 55.6 Å². The van der Waals surface area contributed by atoms with E-state index in [1.165, 1.54) is 0 Å². The number of para-hydroxylation sites is 1. The Morgan fingerprint density at radius 2 is 1.78 bits per heavy atom. The molecule has 0 radical (unpaired) electrons. The molecule has 3 rings (SSSR count). The van der Waals surface area contributed by atoms with E-state index in [4.69, 9.17) is 0 Å². The van der Waals surface area contributed by atoms with Crippen LogP contribution >= 0.6 is 0 Å². The Bertz CT molecular complexity index is 862. The molecule has 7 heteroatoms. The molecular weight excluding hydrogens is 344 g/mol. The number of carbonyl (C=O) groups excluding carboxylic acids is 3. The third kappa shape index (κ3) is 5.07. The van der Waals surface area contributed by atoms with Crippen molar-refractivity contribution >= 4 is 29.1 Å². The minimum absolute atomic E-state index is 0.00743. The average Bonchev–Trinajstić information content (AvgIpc) is 3.50. The van der Waals surface area contributed by atoms with Crippen LogP contribution in [0.4, 0.5) is 11.4 Å². The first-order valence-corrected chi connectivity index (χ1v) is 8.82. The van der Waals surface area contributed by atoms with Gasteiger partial charge in [0.2, 0.25) is 5.91 Å². The molecular formula is C20H22N4O3. The largest absolute Gasteiger partial charge is 0.376 e. The summed E-state index contributed by atoms with van der Waals surface area (Å²) < 4.78 is 0. The van der Waals surface area contributed by atoms with Gasteiger partial charge in [-0.15, -0.1) is 0 Å². The van der Waals surface area contributed by atoms with E-state index >= 15 is 0 Å². The van der Waals surface area contributed by atoms with Crippen LogP contribution in [0, 0.1) is 0 Å². The molecule has 0 aliphatic heterocycles. The van der Waals surface area contributed by atoms with Gasteiger partial charge < -0.3 is 21.3 Å². The minimum atomic E-state index is -0.276. The first-order chi connectivity index (χ1) is 13.1. The van der Waals surface area contributed by atoms with Crippen molar-refractivity contribution in [1.29, 1.82) is 0 Å². The van der Waals surface area contributed by atoms with E-state index in [-0.39, 0.29) is 30.3 Å². The van der Waals surface area contributed by atoms with Crippen LogP contribution < -0.4 is 21.3 Å². The van der Waals surface area contributed by atoms with E-state index in [9.17, 15) is 14.4 Å². The van der Waals surface area contributed by atoms with E-state index in [0.717, 1.165) is 12.8 Å². The number of rotatable bonds is 7. The van der Waals surface area contributed by atoms with Crippen molar-refractivity contribution in [3.05, 3.63) is 59.7 Å². The monoisotopic (exact) mass is 366 g/mol. The average molecular weight is 366 g/mol. The summed E-state index contributed by atoms with van der Waals surface area (Å²) >= 11 is 0. The molecule has 4 N–H and O–H groups in total. The summed E-state index contributed by atoms with van der Waals surface area (Å²) in [4.78, 5) is 36.2. The topological polar surface area (TPSA) is 99.3 Å². The highest BCUT2D eigenvalue weighted by Crippen LogP contribution is 2.20. The molecule has 0 bridgehead atoms. The van der Waals surface area contributed by atoms with Crippen molar-refractivity contribution in [2.75, 3.05) is 24.2 Å². The molecule has 3 amide bonds. The molecule has 1 aliphatic rings. The quantitative estimate of drug-likeness (QED) is 0.602. The van der Waals surface area contributed by atoms with Gasteiger partial charge in [0.15, 0.2) is 0 Å². The molecule has 0 atom stereocenters. The normalized spacial score (nSPS) is 12.8. The lowest BCUT2D eigenvalue weighted by Crippen LogP contribution is -2.26. The zero-order valence-corrected chi connectivity index (χ0v) is 15.0. The van der Waals surface area contributed by atoms with Gasteiger partial charge in [-0.25, -0.2) is 0 Å². The summed E-state index contributed by atoms with van der Waals surface area (Å²) in [6.45, 7) is -0.00743. The zero-order chi connectivity index (χ0) is 19.2. The predicted molar refractivity (Wildman–Crippen MR) is 104 cm³/mol. The number of amides is 3. The highest BCUT2D eigenvalue weighted by Gasteiger charge is 2.23. The zero-order valence-electron chi connectivity index (χ0n) is 15.0. The van der Waals surface area contributed by atoms with Crippen LogP contribution in [0.1, 0.15) is 33.6 Å². The number of nitrogens with one attached hydrogen (secondary N) is 4. The Hall–Kier alpha value is -3.35. The fourth-order valence-electron chi connectivity index (χ4n) is 2.59. The Kier molecular flexibility index (Phi) is 5.71. The van der Waals surface area contributed by atoms with Crippen LogP contribution in [0.2, 0.25) is 0 Å². The Labute approximate surface area is 157 Å². The molecule has 2 aromatic rings. The molecule has 0 spiro atoms. The Morgan fingerprint density at radius 3 is 2.52 bits per heavy atom. The van der Waals surface area contributed by atoms with E-state index in [0.29, 0.717) is 22.5 Å². The molecule has 7 nitrogen and oxygen atoms in total. The van der Waals surface area contributed by atoms with Crippen LogP contribution in [0.15, 0.2) is 48.5 Å². The van der Waals surface area contributed by atoms with Gasteiger partial charge in [-0.2, -0.15) is 0 Å². The second kappa shape index (κ2) is 8.35. The van der Waals surface area contributed by atoms with Crippen LogP contribution in [0.5, 0.6) is 0 Å². The van der Waals surface area contributed by atoms with Gasteiger partial charge in [-0.05, 0) is 43.2 Å². The molecule has 1 saturated carbocycles. The summed E-state index contributed by atoms with van der Waals surface area (Å²) in [7, 11) is 1.55. The van der Waals surface area contributed by atoms with Gasteiger partial charge in [0.05, 0.1) is 12.1 Å². The Balaban J connectivity index is 1.58. The lowest BCUT2D eigenvalue weighted by atomic mass is 10.1. The SMILES string of the molecule is CNC(=O)c1ccccc1NCC(=O)Nc1cccc(C(=O)NC2CC2)c1. The lowest BCUT2D eigenvalue weighted by Gasteiger charge is -2.12. The smallest absolute Gasteiger partial charge is 0.253 e. The van der Waals surface area contributed by atoms with Crippen LogP contribution in [-0.4, -0.2) is 37.4 Å². The van der Waals surface area contributed by atoms with Crippen LogP contribution in [-0.2, 0) is 4.79 Å². The van der Waals surface area contributed by atoms with E-state index in [2.05, 4.69) is 21.3 Å². The second-order valence-corrected chi connectivity index (χ2v) is 6.35. The molecule has 0 unspecified atom stereocenters. The molecule has 2 aromatic carbocycles. The summed E-state index contributed by atoms with van der Waals surface area (Å²) in [6.07, 6.45) is 2.04. The van der Waals surface area contributed by atoms with Gasteiger partial charge in [-0.3, -0.25) is 14.4 Å². The van der Waals surface area contributed by atoms with Crippen LogP contribution in [0.25, 0.3) is 0 Å². The summed E-state index contributed by atoms with van der Waals surface area (Å²) in [5.41, 5.74) is 2.10. The van der Waals surface area contributed by atoms with Gasteiger partial charge in [0, 0.05) is 30.0 Å². The van der Waals surface area contributed by atoms with E-state index in [1.807, 2.05) is 0 Å². The van der Waals surface area contributed by atoms with Crippen molar-refractivity contribution in [1.82, 2.24) is 10.6 Å². The fourth-order valence-corrected chi connectivity index (χ4v) is 2.59. The standard InChI is InChI=1S/C20H22N4O3/c1-21-20(27)16-7-2-3-8-17(16)22-12-18(25)23-15-6-4-5-13(11-15)19(26)24-14-9-10-14/h2-8,11,14,22H,9-10,12H2,1H3,(H,21,27)(H,23,25)(H,24,26). The van der Waals surface area contributed by atoms with Gasteiger partial charge in [0.1, 0.15) is 0 Å². The molecule has 0 aromatic heterocycles. The van der Waals surface area contributed by atoms with Crippen molar-refractivity contribution in [3.8, 4) is 0 Å². The van der Waals surface area contributed by atoms with Crippen molar-refractivity contribution < 1.29 is 14.4 Å². The highest BCUT2D eigenvalue weighted by molar-refractivity contribution is 6.01. The molecule has 0 heterocycles. The number of anilines is 2. The highest BCUT2D eigenvalue weighted by atomic mass is 16.2. The molecule has 0 saturated heterocycles. The number of hydrogen-bond acceptors (Lipinski definition) is 4. The van der Waals surface area contributed by atoms with Crippen molar-refractivity contribution in [2.24, 2.45) is 0 Å². The Morgan fingerprint density at radius 1 is 1.00 bits per heavy atom.